The van der Waals surface area contributed by atoms with E-state index in [4.69, 9.17) is 5.73 Å². The summed E-state index contributed by atoms with van der Waals surface area (Å²) in [6.45, 7) is 1.78. The SMILES string of the molecule is [NH]C(C(=O)N1CCCCC1)C1CCCCC1. The lowest BCUT2D eigenvalue weighted by Gasteiger charge is -2.33. The molecule has 2 aliphatic rings. The molecule has 0 aromatic heterocycles. The quantitative estimate of drug-likeness (QED) is 0.708. The number of carbonyl (C=O) groups is 1. The standard InChI is InChI=1S/C13H23N2O/c14-12(11-7-3-1-4-8-11)13(16)15-9-5-2-6-10-15/h11-12,14H,1-10H2. The molecule has 1 saturated carbocycles. The Kier molecular flexibility index (Phi) is 4.22. The van der Waals surface area contributed by atoms with Crippen molar-refractivity contribution in [3.8, 4) is 0 Å². The number of nitrogens with one attached hydrogen (secondary N) is 1. The van der Waals surface area contributed by atoms with Crippen molar-refractivity contribution in [3.63, 3.8) is 0 Å². The Balaban J connectivity index is 1.86. The zero-order valence-corrected chi connectivity index (χ0v) is 10.1. The molecule has 1 aliphatic heterocycles. The van der Waals surface area contributed by atoms with Gasteiger partial charge in [-0.25, -0.2) is 5.73 Å². The van der Waals surface area contributed by atoms with E-state index in [1.54, 1.807) is 0 Å². The van der Waals surface area contributed by atoms with Crippen LogP contribution in [0.4, 0.5) is 0 Å². The number of nitrogens with zero attached hydrogens (tertiary/aromatic N) is 1. The third-order valence-electron chi connectivity index (χ3n) is 4.06. The van der Waals surface area contributed by atoms with Crippen LogP contribution in [0.15, 0.2) is 0 Å². The van der Waals surface area contributed by atoms with Gasteiger partial charge in [-0.05, 0) is 38.0 Å². The maximum absolute atomic E-state index is 12.1. The Bertz CT molecular complexity index is 230. The molecule has 1 saturated heterocycles. The third kappa shape index (κ3) is 2.76. The van der Waals surface area contributed by atoms with Gasteiger partial charge >= 0.3 is 0 Å². The zero-order valence-electron chi connectivity index (χ0n) is 10.1. The fourth-order valence-electron chi connectivity index (χ4n) is 2.98. The summed E-state index contributed by atoms with van der Waals surface area (Å²) in [6, 6.07) is -0.474. The summed E-state index contributed by atoms with van der Waals surface area (Å²) in [7, 11) is 0. The van der Waals surface area contributed by atoms with E-state index in [9.17, 15) is 4.79 Å². The molecule has 1 unspecified atom stereocenters. The van der Waals surface area contributed by atoms with Crippen molar-refractivity contribution in [1.29, 1.82) is 0 Å². The Morgan fingerprint density at radius 1 is 1.00 bits per heavy atom. The first-order valence-corrected chi connectivity index (χ1v) is 6.79. The Labute approximate surface area is 98.4 Å². The van der Waals surface area contributed by atoms with E-state index in [0.29, 0.717) is 5.92 Å². The van der Waals surface area contributed by atoms with E-state index in [2.05, 4.69) is 0 Å². The maximum Gasteiger partial charge on any atom is 0.241 e. The van der Waals surface area contributed by atoms with Gasteiger partial charge in [-0.3, -0.25) is 4.79 Å². The molecule has 0 aromatic rings. The highest BCUT2D eigenvalue weighted by Crippen LogP contribution is 2.27. The molecule has 1 atom stereocenters. The minimum Gasteiger partial charge on any atom is -0.341 e. The van der Waals surface area contributed by atoms with Crippen molar-refractivity contribution >= 4 is 5.91 Å². The highest BCUT2D eigenvalue weighted by atomic mass is 16.2. The predicted molar refractivity (Wildman–Crippen MR) is 63.9 cm³/mol. The number of carbonyl (C=O) groups excluding carboxylic acids is 1. The van der Waals surface area contributed by atoms with Crippen LogP contribution in [0.1, 0.15) is 51.4 Å². The summed E-state index contributed by atoms with van der Waals surface area (Å²) >= 11 is 0. The highest BCUT2D eigenvalue weighted by molar-refractivity contribution is 5.82. The van der Waals surface area contributed by atoms with Crippen molar-refractivity contribution < 1.29 is 4.79 Å². The molecular weight excluding hydrogens is 200 g/mol. The first kappa shape index (κ1) is 11.9. The van der Waals surface area contributed by atoms with Crippen LogP contribution in [-0.2, 0) is 4.79 Å². The molecule has 3 heteroatoms. The molecule has 16 heavy (non-hydrogen) atoms. The summed E-state index contributed by atoms with van der Waals surface area (Å²) in [6.07, 6.45) is 9.41. The second kappa shape index (κ2) is 5.67. The lowest BCUT2D eigenvalue weighted by atomic mass is 9.83. The number of hydrogen-bond donors (Lipinski definition) is 0. The summed E-state index contributed by atoms with van der Waals surface area (Å²) in [5.41, 5.74) is 8.12. The van der Waals surface area contributed by atoms with Gasteiger partial charge in [-0.2, -0.15) is 0 Å². The maximum atomic E-state index is 12.1. The van der Waals surface area contributed by atoms with Crippen molar-refractivity contribution in [3.05, 3.63) is 0 Å². The molecule has 2 fully saturated rings. The smallest absolute Gasteiger partial charge is 0.241 e. The van der Waals surface area contributed by atoms with Crippen molar-refractivity contribution in [2.75, 3.05) is 13.1 Å². The summed E-state index contributed by atoms with van der Waals surface area (Å²) in [4.78, 5) is 14.1. The molecule has 2 rings (SSSR count). The van der Waals surface area contributed by atoms with E-state index in [1.165, 1.54) is 25.7 Å². The molecular formula is C13H23N2O. The minimum absolute atomic E-state index is 0.103. The van der Waals surface area contributed by atoms with E-state index in [-0.39, 0.29) is 5.91 Å². The number of hydrogen-bond acceptors (Lipinski definition) is 1. The van der Waals surface area contributed by atoms with Crippen LogP contribution in [0.5, 0.6) is 0 Å². The normalized spacial score (nSPS) is 25.4. The van der Waals surface area contributed by atoms with Crippen LogP contribution in [0.2, 0.25) is 0 Å². The molecule has 0 spiro atoms. The van der Waals surface area contributed by atoms with Gasteiger partial charge in [0.15, 0.2) is 0 Å². The Hall–Kier alpha value is -0.570. The average Bonchev–Trinajstić information content (AvgIpc) is 2.39. The summed E-state index contributed by atoms with van der Waals surface area (Å²) < 4.78 is 0. The van der Waals surface area contributed by atoms with Crippen LogP contribution >= 0.6 is 0 Å². The number of likely N-dealkylation sites (tertiary alicyclic amines) is 1. The average molecular weight is 223 g/mol. The fraction of sp³-hybridized carbons (Fsp3) is 0.923. The van der Waals surface area contributed by atoms with Gasteiger partial charge in [-0.15, -0.1) is 0 Å². The first-order valence-electron chi connectivity index (χ1n) is 6.79. The monoisotopic (exact) mass is 223 g/mol. The topological polar surface area (TPSA) is 44.1 Å². The van der Waals surface area contributed by atoms with Crippen LogP contribution in [0, 0.1) is 5.92 Å². The van der Waals surface area contributed by atoms with E-state index >= 15 is 0 Å². The zero-order chi connectivity index (χ0) is 11.4. The molecule has 0 aromatic carbocycles. The van der Waals surface area contributed by atoms with Gasteiger partial charge in [0.2, 0.25) is 5.91 Å². The first-order chi connectivity index (χ1) is 7.79. The van der Waals surface area contributed by atoms with Gasteiger partial charge in [0.1, 0.15) is 6.04 Å². The largest absolute Gasteiger partial charge is 0.341 e. The summed E-state index contributed by atoms with van der Waals surface area (Å²) in [5, 5.41) is 0. The number of piperidine rings is 1. The van der Waals surface area contributed by atoms with Crippen LogP contribution < -0.4 is 5.73 Å². The van der Waals surface area contributed by atoms with E-state index in [0.717, 1.165) is 38.8 Å². The Morgan fingerprint density at radius 3 is 2.19 bits per heavy atom. The fourth-order valence-corrected chi connectivity index (χ4v) is 2.98. The molecule has 1 heterocycles. The molecule has 0 bridgehead atoms. The van der Waals surface area contributed by atoms with E-state index in [1.807, 2.05) is 4.90 Å². The predicted octanol–water partition coefficient (Wildman–Crippen LogP) is 2.23. The second-order valence-corrected chi connectivity index (χ2v) is 5.26. The van der Waals surface area contributed by atoms with Gasteiger partial charge in [0.25, 0.3) is 0 Å². The van der Waals surface area contributed by atoms with Crippen LogP contribution in [-0.4, -0.2) is 29.9 Å². The number of rotatable bonds is 2. The number of amides is 1. The van der Waals surface area contributed by atoms with Crippen molar-refractivity contribution in [2.24, 2.45) is 5.92 Å². The minimum atomic E-state index is -0.474. The highest BCUT2D eigenvalue weighted by Gasteiger charge is 2.30. The van der Waals surface area contributed by atoms with Crippen molar-refractivity contribution in [2.45, 2.75) is 57.4 Å². The lowest BCUT2D eigenvalue weighted by Crippen LogP contribution is -2.46. The summed E-state index contributed by atoms with van der Waals surface area (Å²) in [5.74, 6) is 0.440. The van der Waals surface area contributed by atoms with Gasteiger partial charge in [-0.1, -0.05) is 19.3 Å². The van der Waals surface area contributed by atoms with Crippen LogP contribution in [0.3, 0.4) is 0 Å². The van der Waals surface area contributed by atoms with Gasteiger partial charge < -0.3 is 4.90 Å². The molecule has 1 N–H and O–H groups in total. The van der Waals surface area contributed by atoms with Crippen molar-refractivity contribution in [1.82, 2.24) is 10.6 Å². The Morgan fingerprint density at radius 2 is 1.56 bits per heavy atom. The third-order valence-corrected chi connectivity index (χ3v) is 4.06. The molecule has 1 radical (unpaired) electrons. The molecule has 1 amide bonds. The second-order valence-electron chi connectivity index (χ2n) is 5.26. The van der Waals surface area contributed by atoms with E-state index < -0.39 is 6.04 Å². The van der Waals surface area contributed by atoms with Crippen LogP contribution in [0.25, 0.3) is 0 Å². The van der Waals surface area contributed by atoms with Gasteiger partial charge in [0, 0.05) is 13.1 Å². The lowest BCUT2D eigenvalue weighted by molar-refractivity contribution is -0.135. The van der Waals surface area contributed by atoms with Gasteiger partial charge in [0.05, 0.1) is 0 Å². The molecule has 3 nitrogen and oxygen atoms in total. The molecule has 91 valence electrons. The molecule has 1 aliphatic carbocycles.